The lowest BCUT2D eigenvalue weighted by Gasteiger charge is -2.28. The summed E-state index contributed by atoms with van der Waals surface area (Å²) in [5, 5.41) is 3.02. The van der Waals surface area contributed by atoms with Crippen molar-refractivity contribution in [2.45, 2.75) is 51.8 Å². The smallest absolute Gasteiger partial charge is 0.408 e. The van der Waals surface area contributed by atoms with E-state index >= 15 is 0 Å². The third kappa shape index (κ3) is 4.46. The van der Waals surface area contributed by atoms with Crippen LogP contribution in [0.15, 0.2) is 18.2 Å². The number of rotatable bonds is 3. The van der Waals surface area contributed by atoms with Crippen molar-refractivity contribution in [1.82, 2.24) is 5.32 Å². The SMILES string of the molecule is COC(=O)[C@H]1Cc2cc(Cl)ccc2N1C(=O)[C@H](C)NC(=O)OC(C)(C)C. The molecule has 2 atom stereocenters. The van der Waals surface area contributed by atoms with Crippen LogP contribution in [0, 0.1) is 0 Å². The number of amides is 2. The molecule has 1 aliphatic rings. The normalized spacial score (nSPS) is 17.3. The van der Waals surface area contributed by atoms with E-state index in [2.05, 4.69) is 5.32 Å². The predicted octanol–water partition coefficient (Wildman–Crippen LogP) is 2.68. The average molecular weight is 383 g/mol. The number of fused-ring (bicyclic) bond motifs is 1. The molecule has 2 rings (SSSR count). The van der Waals surface area contributed by atoms with Crippen LogP contribution in [-0.4, -0.2) is 42.8 Å². The monoisotopic (exact) mass is 382 g/mol. The Balaban J connectivity index is 2.23. The lowest BCUT2D eigenvalue weighted by Crippen LogP contribution is -2.52. The number of nitrogens with zero attached hydrogens (tertiary/aromatic N) is 1. The summed E-state index contributed by atoms with van der Waals surface area (Å²) in [5.74, 6) is -0.970. The third-order valence-corrected chi connectivity index (χ3v) is 4.08. The minimum atomic E-state index is -0.890. The Labute approximate surface area is 157 Å². The minimum absolute atomic E-state index is 0.299. The number of halogens is 1. The van der Waals surface area contributed by atoms with Gasteiger partial charge in [-0.3, -0.25) is 9.69 Å². The fraction of sp³-hybridized carbons (Fsp3) is 0.500. The number of esters is 1. The molecule has 1 aromatic carbocycles. The van der Waals surface area contributed by atoms with E-state index in [1.54, 1.807) is 39.0 Å². The molecule has 0 fully saturated rings. The molecule has 1 aliphatic heterocycles. The number of alkyl carbamates (subject to hydrolysis) is 1. The van der Waals surface area contributed by atoms with Gasteiger partial charge in [-0.2, -0.15) is 0 Å². The highest BCUT2D eigenvalue weighted by Gasteiger charge is 2.41. The first-order valence-corrected chi connectivity index (χ1v) is 8.60. The Morgan fingerprint density at radius 2 is 1.96 bits per heavy atom. The second-order valence-electron chi connectivity index (χ2n) is 7.09. The molecule has 1 heterocycles. The summed E-state index contributed by atoms with van der Waals surface area (Å²) in [6.45, 7) is 6.72. The Kier molecular flexibility index (Phi) is 5.81. The number of anilines is 1. The average Bonchev–Trinajstić information content (AvgIpc) is 2.89. The van der Waals surface area contributed by atoms with Crippen LogP contribution in [0.25, 0.3) is 0 Å². The molecule has 0 radical (unpaired) electrons. The molecule has 0 saturated heterocycles. The van der Waals surface area contributed by atoms with E-state index in [-0.39, 0.29) is 0 Å². The third-order valence-electron chi connectivity index (χ3n) is 3.84. The van der Waals surface area contributed by atoms with Gasteiger partial charge >= 0.3 is 12.1 Å². The molecule has 0 bridgehead atoms. The zero-order valence-corrected chi connectivity index (χ0v) is 16.2. The van der Waals surface area contributed by atoms with Crippen LogP contribution in [0.2, 0.25) is 5.02 Å². The van der Waals surface area contributed by atoms with Gasteiger partial charge in [0.25, 0.3) is 0 Å². The van der Waals surface area contributed by atoms with Crippen LogP contribution in [-0.2, 0) is 25.5 Å². The van der Waals surface area contributed by atoms with Crippen molar-refractivity contribution in [2.24, 2.45) is 0 Å². The van der Waals surface area contributed by atoms with Crippen molar-refractivity contribution < 1.29 is 23.9 Å². The maximum atomic E-state index is 12.9. The first-order chi connectivity index (χ1) is 12.0. The van der Waals surface area contributed by atoms with Gasteiger partial charge in [-0.05, 0) is 51.5 Å². The van der Waals surface area contributed by atoms with Crippen molar-refractivity contribution in [2.75, 3.05) is 12.0 Å². The van der Waals surface area contributed by atoms with Gasteiger partial charge in [-0.15, -0.1) is 0 Å². The van der Waals surface area contributed by atoms with E-state index in [0.717, 1.165) is 5.56 Å². The Morgan fingerprint density at radius 3 is 2.54 bits per heavy atom. The van der Waals surface area contributed by atoms with E-state index in [0.29, 0.717) is 17.1 Å². The molecule has 0 saturated carbocycles. The number of carbonyl (C=O) groups excluding carboxylic acids is 3. The lowest BCUT2D eigenvalue weighted by atomic mass is 10.1. The molecule has 1 N–H and O–H groups in total. The van der Waals surface area contributed by atoms with Gasteiger partial charge in [0.05, 0.1) is 7.11 Å². The van der Waals surface area contributed by atoms with Gasteiger partial charge in [0.2, 0.25) is 5.91 Å². The van der Waals surface area contributed by atoms with Crippen molar-refractivity contribution in [1.29, 1.82) is 0 Å². The maximum absolute atomic E-state index is 12.9. The number of hydrogen-bond acceptors (Lipinski definition) is 5. The lowest BCUT2D eigenvalue weighted by molar-refractivity contribution is -0.143. The van der Waals surface area contributed by atoms with Gasteiger partial charge in [-0.25, -0.2) is 9.59 Å². The summed E-state index contributed by atoms with van der Waals surface area (Å²) in [6, 6.07) is 3.35. The van der Waals surface area contributed by atoms with E-state index < -0.39 is 35.7 Å². The zero-order chi connectivity index (χ0) is 19.6. The molecule has 0 spiro atoms. The van der Waals surface area contributed by atoms with Gasteiger partial charge < -0.3 is 14.8 Å². The number of ether oxygens (including phenoxy) is 2. The Bertz CT molecular complexity index is 729. The maximum Gasteiger partial charge on any atom is 0.408 e. The van der Waals surface area contributed by atoms with Gasteiger partial charge in [0.1, 0.15) is 17.7 Å². The number of hydrogen-bond donors (Lipinski definition) is 1. The second kappa shape index (κ2) is 7.53. The van der Waals surface area contributed by atoms with Crippen molar-refractivity contribution in [3.8, 4) is 0 Å². The van der Waals surface area contributed by atoms with Crippen molar-refractivity contribution in [3.63, 3.8) is 0 Å². The fourth-order valence-corrected chi connectivity index (χ4v) is 2.97. The molecule has 2 amide bonds. The van der Waals surface area contributed by atoms with E-state index in [1.165, 1.54) is 18.9 Å². The largest absolute Gasteiger partial charge is 0.467 e. The van der Waals surface area contributed by atoms with E-state index in [4.69, 9.17) is 21.1 Å². The minimum Gasteiger partial charge on any atom is -0.467 e. The summed E-state index contributed by atoms with van der Waals surface area (Å²) in [6.07, 6.45) is -0.406. The van der Waals surface area contributed by atoms with Crippen molar-refractivity contribution >= 4 is 35.3 Å². The van der Waals surface area contributed by atoms with E-state index in [9.17, 15) is 14.4 Å². The Morgan fingerprint density at radius 1 is 1.31 bits per heavy atom. The molecule has 0 aromatic heterocycles. The number of methoxy groups -OCH3 is 1. The van der Waals surface area contributed by atoms with Crippen LogP contribution in [0.5, 0.6) is 0 Å². The topological polar surface area (TPSA) is 84.9 Å². The number of carbonyl (C=O) groups is 3. The van der Waals surface area contributed by atoms with Gasteiger partial charge in [0.15, 0.2) is 0 Å². The Hall–Kier alpha value is -2.28. The molecule has 1 aromatic rings. The van der Waals surface area contributed by atoms with Crippen LogP contribution in [0.4, 0.5) is 10.5 Å². The molecule has 0 unspecified atom stereocenters. The summed E-state index contributed by atoms with van der Waals surface area (Å²) < 4.78 is 10.00. The molecular formula is C18H23ClN2O5. The van der Waals surface area contributed by atoms with Crippen LogP contribution in [0.3, 0.4) is 0 Å². The highest BCUT2D eigenvalue weighted by atomic mass is 35.5. The molecule has 7 nitrogen and oxygen atoms in total. The number of benzene rings is 1. The highest BCUT2D eigenvalue weighted by Crippen LogP contribution is 2.35. The van der Waals surface area contributed by atoms with Crippen molar-refractivity contribution in [3.05, 3.63) is 28.8 Å². The molecule has 142 valence electrons. The van der Waals surface area contributed by atoms with Crippen LogP contribution < -0.4 is 10.2 Å². The first kappa shape index (κ1) is 20.0. The van der Waals surface area contributed by atoms with Crippen LogP contribution >= 0.6 is 11.6 Å². The predicted molar refractivity (Wildman–Crippen MR) is 97.3 cm³/mol. The summed E-state index contributed by atoms with van der Waals surface area (Å²) in [5.41, 5.74) is 0.664. The molecule has 26 heavy (non-hydrogen) atoms. The summed E-state index contributed by atoms with van der Waals surface area (Å²) in [4.78, 5) is 38.4. The standard InChI is InChI=1S/C18H23ClN2O5/c1-10(20-17(24)26-18(2,3)4)15(22)21-13-7-6-12(19)8-11(13)9-14(21)16(23)25-5/h6-8,10,14H,9H2,1-5H3,(H,20,24)/t10-,14+/m0/s1. The molecule has 0 aliphatic carbocycles. The fourth-order valence-electron chi connectivity index (χ4n) is 2.77. The molecule has 8 heteroatoms. The van der Waals surface area contributed by atoms with Gasteiger partial charge in [0, 0.05) is 17.1 Å². The quantitative estimate of drug-likeness (QED) is 0.812. The molecular weight excluding hydrogens is 360 g/mol. The van der Waals surface area contributed by atoms with E-state index in [1.807, 2.05) is 0 Å². The first-order valence-electron chi connectivity index (χ1n) is 8.22. The summed E-state index contributed by atoms with van der Waals surface area (Å²) in [7, 11) is 1.27. The van der Waals surface area contributed by atoms with Crippen LogP contribution in [0.1, 0.15) is 33.3 Å². The van der Waals surface area contributed by atoms with Gasteiger partial charge in [-0.1, -0.05) is 11.6 Å². The highest BCUT2D eigenvalue weighted by molar-refractivity contribution is 6.30. The summed E-state index contributed by atoms with van der Waals surface area (Å²) >= 11 is 6.01. The number of nitrogens with one attached hydrogen (secondary N) is 1. The zero-order valence-electron chi connectivity index (χ0n) is 15.5. The second-order valence-corrected chi connectivity index (χ2v) is 7.53.